The Labute approximate surface area is 166 Å². The van der Waals surface area contributed by atoms with Gasteiger partial charge in [-0.2, -0.15) is 0 Å². The summed E-state index contributed by atoms with van der Waals surface area (Å²) in [7, 11) is 0. The maximum atomic E-state index is 12.3. The molecule has 1 atom stereocenters. The molecule has 0 bridgehead atoms. The Morgan fingerprint density at radius 2 is 1.68 bits per heavy atom. The standard InChI is InChI=1S/C21H31NO6/c1-15(2)11-12-26-19(24)17(22-20(25)28-21(3,4)5)13-18(23)27-14-16-9-7-6-8-10-16/h6-10,15,17H,11-14H2,1-5H3,(H,22,25). The summed E-state index contributed by atoms with van der Waals surface area (Å²) in [6.07, 6.45) is -0.454. The van der Waals surface area contributed by atoms with E-state index < -0.39 is 29.7 Å². The first kappa shape index (κ1) is 23.5. The van der Waals surface area contributed by atoms with Crippen LogP contribution < -0.4 is 5.32 Å². The topological polar surface area (TPSA) is 90.9 Å². The number of hydrogen-bond donors (Lipinski definition) is 1. The molecule has 7 nitrogen and oxygen atoms in total. The Balaban J connectivity index is 2.65. The molecule has 1 N–H and O–H groups in total. The lowest BCUT2D eigenvalue weighted by Crippen LogP contribution is -2.45. The molecule has 7 heteroatoms. The second-order valence-corrected chi connectivity index (χ2v) is 7.90. The second-order valence-electron chi connectivity index (χ2n) is 7.90. The van der Waals surface area contributed by atoms with Crippen LogP contribution in [0.1, 0.15) is 53.0 Å². The molecule has 1 aromatic carbocycles. The Bertz CT molecular complexity index is 636. The molecule has 28 heavy (non-hydrogen) atoms. The molecule has 156 valence electrons. The monoisotopic (exact) mass is 393 g/mol. The summed E-state index contributed by atoms with van der Waals surface area (Å²) in [5.74, 6) is -0.949. The lowest BCUT2D eigenvalue weighted by atomic mass is 10.1. The maximum absolute atomic E-state index is 12.3. The third-order valence-corrected chi connectivity index (χ3v) is 3.53. The SMILES string of the molecule is CC(C)CCOC(=O)C(CC(=O)OCc1ccccc1)NC(=O)OC(C)(C)C. The number of rotatable bonds is 9. The van der Waals surface area contributed by atoms with E-state index in [4.69, 9.17) is 14.2 Å². The number of esters is 2. The van der Waals surface area contributed by atoms with Crippen molar-refractivity contribution in [2.24, 2.45) is 5.92 Å². The van der Waals surface area contributed by atoms with Crippen molar-refractivity contribution in [3.63, 3.8) is 0 Å². The summed E-state index contributed by atoms with van der Waals surface area (Å²) in [6, 6.07) is 8.00. The van der Waals surface area contributed by atoms with Gasteiger partial charge in [-0.3, -0.25) is 4.79 Å². The Kier molecular flexibility index (Phi) is 9.48. The predicted octanol–water partition coefficient (Wildman–Crippen LogP) is 3.60. The van der Waals surface area contributed by atoms with Crippen LogP contribution in [-0.4, -0.2) is 36.3 Å². The van der Waals surface area contributed by atoms with Crippen LogP contribution in [0, 0.1) is 5.92 Å². The molecule has 0 saturated heterocycles. The largest absolute Gasteiger partial charge is 0.464 e. The molecule has 0 fully saturated rings. The molecule has 0 heterocycles. The van der Waals surface area contributed by atoms with Gasteiger partial charge in [-0.1, -0.05) is 44.2 Å². The zero-order chi connectivity index (χ0) is 21.2. The zero-order valence-corrected chi connectivity index (χ0v) is 17.3. The average Bonchev–Trinajstić information content (AvgIpc) is 2.58. The lowest BCUT2D eigenvalue weighted by molar-refractivity contribution is -0.153. The molecule has 0 spiro atoms. The maximum Gasteiger partial charge on any atom is 0.408 e. The highest BCUT2D eigenvalue weighted by Crippen LogP contribution is 2.09. The van der Waals surface area contributed by atoms with Crippen molar-refractivity contribution in [2.75, 3.05) is 6.61 Å². The number of amides is 1. The van der Waals surface area contributed by atoms with Crippen LogP contribution in [0.3, 0.4) is 0 Å². The van der Waals surface area contributed by atoms with Crippen molar-refractivity contribution < 1.29 is 28.6 Å². The lowest BCUT2D eigenvalue weighted by Gasteiger charge is -2.22. The van der Waals surface area contributed by atoms with Gasteiger partial charge in [0.2, 0.25) is 0 Å². The van der Waals surface area contributed by atoms with Gasteiger partial charge < -0.3 is 19.5 Å². The van der Waals surface area contributed by atoms with Crippen LogP contribution in [-0.2, 0) is 30.4 Å². The van der Waals surface area contributed by atoms with Gasteiger partial charge in [0, 0.05) is 0 Å². The average molecular weight is 393 g/mol. The van der Waals surface area contributed by atoms with Gasteiger partial charge >= 0.3 is 18.0 Å². The molecule has 0 aliphatic carbocycles. The van der Waals surface area contributed by atoms with Gasteiger partial charge in [0.05, 0.1) is 13.0 Å². The van der Waals surface area contributed by atoms with Crippen LogP contribution in [0.15, 0.2) is 30.3 Å². The van der Waals surface area contributed by atoms with Crippen molar-refractivity contribution in [3.8, 4) is 0 Å². The third kappa shape index (κ3) is 10.5. The van der Waals surface area contributed by atoms with Gasteiger partial charge in [0.25, 0.3) is 0 Å². The van der Waals surface area contributed by atoms with Crippen molar-refractivity contribution >= 4 is 18.0 Å². The molecule has 1 aromatic rings. The van der Waals surface area contributed by atoms with E-state index in [1.54, 1.807) is 20.8 Å². The molecular formula is C21H31NO6. The zero-order valence-electron chi connectivity index (χ0n) is 17.3. The van der Waals surface area contributed by atoms with E-state index in [1.807, 2.05) is 44.2 Å². The van der Waals surface area contributed by atoms with E-state index in [0.717, 1.165) is 5.56 Å². The number of ether oxygens (including phenoxy) is 3. The molecule has 0 aromatic heterocycles. The van der Waals surface area contributed by atoms with Crippen LogP contribution in [0.4, 0.5) is 4.79 Å². The first-order chi connectivity index (χ1) is 13.1. The molecule has 0 saturated carbocycles. The number of carbonyl (C=O) groups excluding carboxylic acids is 3. The summed E-state index contributed by atoms with van der Waals surface area (Å²) in [5, 5.41) is 2.40. The van der Waals surface area contributed by atoms with Gasteiger partial charge in [0.15, 0.2) is 0 Å². The highest BCUT2D eigenvalue weighted by molar-refractivity contribution is 5.86. The summed E-state index contributed by atoms with van der Waals surface area (Å²) in [5.41, 5.74) is 0.0938. The van der Waals surface area contributed by atoms with E-state index in [0.29, 0.717) is 12.3 Å². The van der Waals surface area contributed by atoms with E-state index in [1.165, 1.54) is 0 Å². The first-order valence-corrected chi connectivity index (χ1v) is 9.42. The number of alkyl carbamates (subject to hydrolysis) is 1. The van der Waals surface area contributed by atoms with E-state index in [2.05, 4.69) is 5.32 Å². The summed E-state index contributed by atoms with van der Waals surface area (Å²) in [6.45, 7) is 9.42. The van der Waals surface area contributed by atoms with Gasteiger partial charge in [-0.25, -0.2) is 9.59 Å². The number of nitrogens with one attached hydrogen (secondary N) is 1. The van der Waals surface area contributed by atoms with Crippen LogP contribution >= 0.6 is 0 Å². The first-order valence-electron chi connectivity index (χ1n) is 9.42. The van der Waals surface area contributed by atoms with E-state index >= 15 is 0 Å². The molecule has 1 rings (SSSR count). The fraction of sp³-hybridized carbons (Fsp3) is 0.571. The Morgan fingerprint density at radius 1 is 1.04 bits per heavy atom. The fourth-order valence-electron chi connectivity index (χ4n) is 2.10. The smallest absolute Gasteiger partial charge is 0.408 e. The highest BCUT2D eigenvalue weighted by Gasteiger charge is 2.28. The number of hydrogen-bond acceptors (Lipinski definition) is 6. The Morgan fingerprint density at radius 3 is 2.25 bits per heavy atom. The number of benzene rings is 1. The van der Waals surface area contributed by atoms with Crippen LogP contribution in [0.25, 0.3) is 0 Å². The fourth-order valence-corrected chi connectivity index (χ4v) is 2.10. The van der Waals surface area contributed by atoms with E-state index in [9.17, 15) is 14.4 Å². The molecule has 0 aliphatic rings. The minimum Gasteiger partial charge on any atom is -0.464 e. The highest BCUT2D eigenvalue weighted by atomic mass is 16.6. The van der Waals surface area contributed by atoms with Crippen molar-refractivity contribution in [3.05, 3.63) is 35.9 Å². The van der Waals surface area contributed by atoms with Gasteiger partial charge in [-0.05, 0) is 38.7 Å². The van der Waals surface area contributed by atoms with Crippen molar-refractivity contribution in [1.82, 2.24) is 5.32 Å². The molecule has 1 amide bonds. The Hall–Kier alpha value is -2.57. The second kappa shape index (κ2) is 11.3. The third-order valence-electron chi connectivity index (χ3n) is 3.53. The molecule has 0 radical (unpaired) electrons. The van der Waals surface area contributed by atoms with E-state index in [-0.39, 0.29) is 19.6 Å². The van der Waals surface area contributed by atoms with Gasteiger partial charge in [-0.15, -0.1) is 0 Å². The minimum absolute atomic E-state index is 0.0846. The van der Waals surface area contributed by atoms with Gasteiger partial charge in [0.1, 0.15) is 18.2 Å². The summed E-state index contributed by atoms with van der Waals surface area (Å²) in [4.78, 5) is 36.5. The summed E-state index contributed by atoms with van der Waals surface area (Å²) >= 11 is 0. The normalized spacial score (nSPS) is 12.2. The molecular weight excluding hydrogens is 362 g/mol. The van der Waals surface area contributed by atoms with Crippen molar-refractivity contribution in [2.45, 2.75) is 65.7 Å². The number of carbonyl (C=O) groups is 3. The molecule has 0 aliphatic heterocycles. The molecule has 1 unspecified atom stereocenters. The van der Waals surface area contributed by atoms with Crippen LogP contribution in [0.2, 0.25) is 0 Å². The quantitative estimate of drug-likeness (QED) is 0.509. The predicted molar refractivity (Wildman–Crippen MR) is 104 cm³/mol. The van der Waals surface area contributed by atoms with Crippen LogP contribution in [0.5, 0.6) is 0 Å². The van der Waals surface area contributed by atoms with Crippen molar-refractivity contribution in [1.29, 1.82) is 0 Å². The minimum atomic E-state index is -1.18. The summed E-state index contributed by atoms with van der Waals surface area (Å²) < 4.78 is 15.5.